The van der Waals surface area contributed by atoms with Crippen LogP contribution < -0.4 is 5.32 Å². The summed E-state index contributed by atoms with van der Waals surface area (Å²) in [5.41, 5.74) is 0.329. The number of carbonyl (C=O) groups excluding carboxylic acids is 1. The van der Waals surface area contributed by atoms with Crippen LogP contribution in [0.5, 0.6) is 0 Å². The van der Waals surface area contributed by atoms with E-state index in [0.717, 1.165) is 30.9 Å². The zero-order valence-corrected chi connectivity index (χ0v) is 12.5. The standard InChI is InChI=1S/C17H25NO2/c1-3-12-17(16(19)20-4-2,18-13-14-10-11-14)15-8-6-5-7-9-15/h5-9,14,18H,3-4,10-13H2,1-2H3. The Bertz CT molecular complexity index is 428. The summed E-state index contributed by atoms with van der Waals surface area (Å²) in [5, 5.41) is 3.52. The van der Waals surface area contributed by atoms with Gasteiger partial charge in [0.1, 0.15) is 5.54 Å². The van der Waals surface area contributed by atoms with Crippen LogP contribution >= 0.6 is 0 Å². The average molecular weight is 275 g/mol. The second-order valence-electron chi connectivity index (χ2n) is 5.57. The molecule has 20 heavy (non-hydrogen) atoms. The van der Waals surface area contributed by atoms with E-state index in [1.165, 1.54) is 12.8 Å². The summed E-state index contributed by atoms with van der Waals surface area (Å²) in [4.78, 5) is 12.6. The SMILES string of the molecule is CCCC(NCC1CC1)(C(=O)OCC)c1ccccc1. The van der Waals surface area contributed by atoms with Crippen molar-refractivity contribution in [3.05, 3.63) is 35.9 Å². The lowest BCUT2D eigenvalue weighted by molar-refractivity contribution is -0.152. The van der Waals surface area contributed by atoms with Gasteiger partial charge in [0.05, 0.1) is 6.61 Å². The number of benzene rings is 1. The molecule has 3 nitrogen and oxygen atoms in total. The quantitative estimate of drug-likeness (QED) is 0.740. The Labute approximate surface area is 121 Å². The van der Waals surface area contributed by atoms with Crippen molar-refractivity contribution in [2.24, 2.45) is 5.92 Å². The van der Waals surface area contributed by atoms with Crippen LogP contribution in [-0.2, 0) is 15.1 Å². The molecule has 1 unspecified atom stereocenters. The zero-order chi connectivity index (χ0) is 14.4. The van der Waals surface area contributed by atoms with Crippen LogP contribution in [0.15, 0.2) is 30.3 Å². The van der Waals surface area contributed by atoms with Crippen molar-refractivity contribution in [2.45, 2.75) is 45.1 Å². The molecule has 1 aromatic carbocycles. The molecule has 0 heterocycles. The van der Waals surface area contributed by atoms with Gasteiger partial charge in [-0.05, 0) is 44.2 Å². The van der Waals surface area contributed by atoms with Crippen LogP contribution in [0.4, 0.5) is 0 Å². The molecule has 1 fully saturated rings. The number of hydrogen-bond acceptors (Lipinski definition) is 3. The molecule has 1 aromatic rings. The van der Waals surface area contributed by atoms with Gasteiger partial charge in [-0.3, -0.25) is 5.32 Å². The van der Waals surface area contributed by atoms with Crippen molar-refractivity contribution in [3.63, 3.8) is 0 Å². The third-order valence-corrected chi connectivity index (χ3v) is 3.90. The van der Waals surface area contributed by atoms with E-state index in [0.29, 0.717) is 6.61 Å². The summed E-state index contributed by atoms with van der Waals surface area (Å²) in [6.07, 6.45) is 4.24. The minimum Gasteiger partial charge on any atom is -0.464 e. The molecule has 110 valence electrons. The summed E-state index contributed by atoms with van der Waals surface area (Å²) >= 11 is 0. The van der Waals surface area contributed by atoms with E-state index in [1.807, 2.05) is 37.3 Å². The molecule has 1 aliphatic rings. The number of carbonyl (C=O) groups is 1. The zero-order valence-electron chi connectivity index (χ0n) is 12.5. The molecular formula is C17H25NO2. The second kappa shape index (κ2) is 6.89. The Morgan fingerprint density at radius 3 is 2.55 bits per heavy atom. The van der Waals surface area contributed by atoms with Gasteiger partial charge in [-0.25, -0.2) is 4.79 Å². The molecule has 2 rings (SSSR count). The molecule has 0 aliphatic heterocycles. The molecule has 0 saturated heterocycles. The van der Waals surface area contributed by atoms with Crippen LogP contribution in [0.2, 0.25) is 0 Å². The van der Waals surface area contributed by atoms with Gasteiger partial charge in [-0.15, -0.1) is 0 Å². The van der Waals surface area contributed by atoms with E-state index >= 15 is 0 Å². The van der Waals surface area contributed by atoms with Crippen molar-refractivity contribution < 1.29 is 9.53 Å². The van der Waals surface area contributed by atoms with Gasteiger partial charge in [0.2, 0.25) is 0 Å². The predicted octanol–water partition coefficient (Wildman–Crippen LogP) is 3.24. The Hall–Kier alpha value is -1.35. The fraction of sp³-hybridized carbons (Fsp3) is 0.588. The summed E-state index contributed by atoms with van der Waals surface area (Å²) < 4.78 is 5.37. The van der Waals surface area contributed by atoms with Gasteiger partial charge in [-0.1, -0.05) is 43.7 Å². The van der Waals surface area contributed by atoms with E-state index in [9.17, 15) is 4.79 Å². The summed E-state index contributed by atoms with van der Waals surface area (Å²) in [6, 6.07) is 9.99. The molecule has 0 spiro atoms. The average Bonchev–Trinajstić information content (AvgIpc) is 3.29. The maximum absolute atomic E-state index is 12.6. The van der Waals surface area contributed by atoms with Crippen molar-refractivity contribution in [2.75, 3.05) is 13.2 Å². The normalized spacial score (nSPS) is 17.5. The fourth-order valence-corrected chi connectivity index (χ4v) is 2.62. The molecule has 1 N–H and O–H groups in total. The first kappa shape index (κ1) is 15.0. The monoisotopic (exact) mass is 275 g/mol. The van der Waals surface area contributed by atoms with E-state index in [2.05, 4.69) is 12.2 Å². The van der Waals surface area contributed by atoms with E-state index in [-0.39, 0.29) is 5.97 Å². The third-order valence-electron chi connectivity index (χ3n) is 3.90. The minimum absolute atomic E-state index is 0.145. The molecule has 0 amide bonds. The van der Waals surface area contributed by atoms with E-state index < -0.39 is 5.54 Å². The summed E-state index contributed by atoms with van der Waals surface area (Å²) in [6.45, 7) is 5.28. The predicted molar refractivity (Wildman–Crippen MR) is 80.4 cm³/mol. The van der Waals surface area contributed by atoms with Gasteiger partial charge in [-0.2, -0.15) is 0 Å². The highest BCUT2D eigenvalue weighted by atomic mass is 16.5. The second-order valence-corrected chi connectivity index (χ2v) is 5.57. The largest absolute Gasteiger partial charge is 0.464 e. The highest BCUT2D eigenvalue weighted by molar-refractivity contribution is 5.82. The molecule has 3 heteroatoms. The highest BCUT2D eigenvalue weighted by Crippen LogP contribution is 2.33. The Morgan fingerprint density at radius 1 is 1.30 bits per heavy atom. The molecule has 1 saturated carbocycles. The van der Waals surface area contributed by atoms with Gasteiger partial charge in [0.15, 0.2) is 0 Å². The van der Waals surface area contributed by atoms with Crippen molar-refractivity contribution >= 4 is 5.97 Å². The lowest BCUT2D eigenvalue weighted by Gasteiger charge is -2.33. The topological polar surface area (TPSA) is 38.3 Å². The van der Waals surface area contributed by atoms with Crippen molar-refractivity contribution in [3.8, 4) is 0 Å². The maximum Gasteiger partial charge on any atom is 0.330 e. The van der Waals surface area contributed by atoms with Gasteiger partial charge >= 0.3 is 5.97 Å². The first-order valence-corrected chi connectivity index (χ1v) is 7.70. The van der Waals surface area contributed by atoms with Crippen LogP contribution in [0.25, 0.3) is 0 Å². The van der Waals surface area contributed by atoms with Crippen LogP contribution in [0.1, 0.15) is 45.1 Å². The summed E-state index contributed by atoms with van der Waals surface area (Å²) in [7, 11) is 0. The van der Waals surface area contributed by atoms with Crippen LogP contribution in [-0.4, -0.2) is 19.1 Å². The number of ether oxygens (including phenoxy) is 1. The molecule has 1 aliphatic carbocycles. The van der Waals surface area contributed by atoms with E-state index in [4.69, 9.17) is 4.74 Å². The number of nitrogens with one attached hydrogen (secondary N) is 1. The Morgan fingerprint density at radius 2 is 2.00 bits per heavy atom. The molecule has 0 bridgehead atoms. The minimum atomic E-state index is -0.686. The first-order chi connectivity index (χ1) is 9.73. The Balaban J connectivity index is 2.28. The van der Waals surface area contributed by atoms with Gasteiger partial charge in [0, 0.05) is 0 Å². The smallest absolute Gasteiger partial charge is 0.330 e. The highest BCUT2D eigenvalue weighted by Gasteiger charge is 2.41. The lowest BCUT2D eigenvalue weighted by atomic mass is 9.85. The van der Waals surface area contributed by atoms with E-state index in [1.54, 1.807) is 0 Å². The third kappa shape index (κ3) is 3.40. The van der Waals surface area contributed by atoms with Gasteiger partial charge in [0.25, 0.3) is 0 Å². The Kier molecular flexibility index (Phi) is 5.18. The molecule has 0 aromatic heterocycles. The molecule has 1 atom stereocenters. The van der Waals surface area contributed by atoms with Crippen LogP contribution in [0, 0.1) is 5.92 Å². The molecular weight excluding hydrogens is 250 g/mol. The van der Waals surface area contributed by atoms with Crippen LogP contribution in [0.3, 0.4) is 0 Å². The first-order valence-electron chi connectivity index (χ1n) is 7.70. The number of rotatable bonds is 8. The number of esters is 1. The van der Waals surface area contributed by atoms with Crippen molar-refractivity contribution in [1.82, 2.24) is 5.32 Å². The van der Waals surface area contributed by atoms with Crippen molar-refractivity contribution in [1.29, 1.82) is 0 Å². The fourth-order valence-electron chi connectivity index (χ4n) is 2.62. The molecule has 0 radical (unpaired) electrons. The maximum atomic E-state index is 12.6. The van der Waals surface area contributed by atoms with Gasteiger partial charge < -0.3 is 4.74 Å². The lowest BCUT2D eigenvalue weighted by Crippen LogP contribution is -2.51. The summed E-state index contributed by atoms with van der Waals surface area (Å²) in [5.74, 6) is 0.582. The number of hydrogen-bond donors (Lipinski definition) is 1.